The average Bonchev–Trinajstić information content (AvgIpc) is 3.10. The van der Waals surface area contributed by atoms with Gasteiger partial charge in [-0.1, -0.05) is 18.2 Å². The lowest BCUT2D eigenvalue weighted by molar-refractivity contribution is 0.0955. The Morgan fingerprint density at radius 1 is 1.20 bits per heavy atom. The normalized spacial score (nSPS) is 10.9. The van der Waals surface area contributed by atoms with Crippen LogP contribution >= 0.6 is 12.2 Å². The molecular weight excluding hydrogens is 398 g/mol. The zero-order valence-corrected chi connectivity index (χ0v) is 17.5. The Morgan fingerprint density at radius 3 is 2.67 bits per heavy atom. The molecule has 7 nitrogen and oxygen atoms in total. The van der Waals surface area contributed by atoms with Crippen molar-refractivity contribution in [2.24, 2.45) is 7.05 Å². The number of hydrogen-bond donors (Lipinski definition) is 2. The molecule has 0 unspecified atom stereocenters. The van der Waals surface area contributed by atoms with E-state index in [1.165, 1.54) is 0 Å². The van der Waals surface area contributed by atoms with E-state index in [4.69, 9.17) is 21.9 Å². The summed E-state index contributed by atoms with van der Waals surface area (Å²) in [7, 11) is 3.48. The van der Waals surface area contributed by atoms with Gasteiger partial charge in [-0.15, -0.1) is 0 Å². The molecule has 0 aliphatic rings. The van der Waals surface area contributed by atoms with Gasteiger partial charge in [-0.25, -0.2) is 4.98 Å². The van der Waals surface area contributed by atoms with E-state index in [9.17, 15) is 4.79 Å². The molecule has 0 saturated carbocycles. The summed E-state index contributed by atoms with van der Waals surface area (Å²) in [6.45, 7) is 0.445. The van der Waals surface area contributed by atoms with Crippen LogP contribution in [0.5, 0.6) is 5.75 Å². The van der Waals surface area contributed by atoms with E-state index in [-0.39, 0.29) is 5.91 Å². The van der Waals surface area contributed by atoms with Gasteiger partial charge in [-0.2, -0.15) is 5.10 Å². The molecule has 1 amide bonds. The third kappa shape index (κ3) is 3.95. The zero-order valence-electron chi connectivity index (χ0n) is 16.7. The largest absolute Gasteiger partial charge is 0.497 e. The molecule has 152 valence electrons. The van der Waals surface area contributed by atoms with Gasteiger partial charge >= 0.3 is 0 Å². The summed E-state index contributed by atoms with van der Waals surface area (Å²) < 4.78 is 7.58. The number of fused-ring (bicyclic) bond motifs is 1. The number of benzene rings is 2. The predicted octanol–water partition coefficient (Wildman–Crippen LogP) is 3.67. The first kappa shape index (κ1) is 19.8. The van der Waals surface area contributed by atoms with Crippen molar-refractivity contribution < 1.29 is 9.53 Å². The van der Waals surface area contributed by atoms with Crippen molar-refractivity contribution in [3.05, 3.63) is 70.8 Å². The highest BCUT2D eigenvalue weighted by Gasteiger charge is 2.14. The molecule has 0 fully saturated rings. The van der Waals surface area contributed by atoms with E-state index >= 15 is 0 Å². The van der Waals surface area contributed by atoms with Crippen LogP contribution in [0, 0.1) is 4.77 Å². The Morgan fingerprint density at radius 2 is 1.97 bits per heavy atom. The van der Waals surface area contributed by atoms with Crippen LogP contribution in [0.4, 0.5) is 0 Å². The predicted molar refractivity (Wildman–Crippen MR) is 118 cm³/mol. The maximum absolute atomic E-state index is 13.0. The number of H-pyrrole nitrogens is 1. The number of nitrogens with zero attached hydrogens (tertiary/aromatic N) is 3. The highest BCUT2D eigenvalue weighted by atomic mass is 32.1. The van der Waals surface area contributed by atoms with Crippen LogP contribution in [-0.2, 0) is 13.5 Å². The summed E-state index contributed by atoms with van der Waals surface area (Å²) in [5.74, 6) is 1.41. The van der Waals surface area contributed by atoms with E-state index in [1.807, 2.05) is 61.6 Å². The van der Waals surface area contributed by atoms with Gasteiger partial charge in [0.2, 0.25) is 0 Å². The van der Waals surface area contributed by atoms with Gasteiger partial charge in [-0.3, -0.25) is 9.89 Å². The highest BCUT2D eigenvalue weighted by molar-refractivity contribution is 7.71. The average molecular weight is 420 g/mol. The summed E-state index contributed by atoms with van der Waals surface area (Å²) >= 11 is 5.12. The minimum Gasteiger partial charge on any atom is -0.497 e. The molecule has 0 saturated heterocycles. The Labute approximate surface area is 178 Å². The summed E-state index contributed by atoms with van der Waals surface area (Å²) in [6, 6.07) is 17.1. The molecule has 4 aromatic rings. The SMILES string of the molecule is COc1ccc(-c2cc(C(=O)NCCc3n[nH]c(=S)n3C)c3ccccc3n2)cc1. The van der Waals surface area contributed by atoms with E-state index in [0.717, 1.165) is 33.7 Å². The molecule has 0 spiro atoms. The van der Waals surface area contributed by atoms with Gasteiger partial charge in [0.15, 0.2) is 4.77 Å². The highest BCUT2D eigenvalue weighted by Crippen LogP contribution is 2.26. The third-order valence-corrected chi connectivity index (χ3v) is 5.32. The minimum absolute atomic E-state index is 0.153. The van der Waals surface area contributed by atoms with Gasteiger partial charge in [0.05, 0.1) is 23.9 Å². The molecule has 0 aliphatic heterocycles. The van der Waals surface area contributed by atoms with Crippen LogP contribution in [0.3, 0.4) is 0 Å². The summed E-state index contributed by atoms with van der Waals surface area (Å²) in [4.78, 5) is 17.7. The first-order chi connectivity index (χ1) is 14.6. The quantitative estimate of drug-likeness (QED) is 0.466. The van der Waals surface area contributed by atoms with Crippen LogP contribution in [0.1, 0.15) is 16.2 Å². The van der Waals surface area contributed by atoms with Crippen molar-refractivity contribution >= 4 is 29.0 Å². The second-order valence-electron chi connectivity index (χ2n) is 6.81. The number of amides is 1. The standard InChI is InChI=1S/C22H21N5O2S/c1-27-20(25-26-22(27)30)11-12-23-21(28)17-13-19(14-7-9-15(29-2)10-8-14)24-18-6-4-3-5-16(17)18/h3-10,13H,11-12H2,1-2H3,(H,23,28)(H,26,30). The molecule has 0 radical (unpaired) electrons. The maximum Gasteiger partial charge on any atom is 0.252 e. The number of aromatic nitrogens is 4. The fraction of sp³-hybridized carbons (Fsp3) is 0.182. The molecule has 2 N–H and O–H groups in total. The number of hydrogen-bond acceptors (Lipinski definition) is 5. The molecule has 2 aromatic heterocycles. The molecule has 0 atom stereocenters. The van der Waals surface area contributed by atoms with Gasteiger partial charge in [-0.05, 0) is 48.6 Å². The Balaban J connectivity index is 1.62. The molecule has 4 rings (SSSR count). The second-order valence-corrected chi connectivity index (χ2v) is 7.20. The fourth-order valence-electron chi connectivity index (χ4n) is 3.26. The van der Waals surface area contributed by atoms with Crippen LogP contribution in [0.15, 0.2) is 54.6 Å². The number of para-hydroxylation sites is 1. The fourth-order valence-corrected chi connectivity index (χ4v) is 3.41. The van der Waals surface area contributed by atoms with Crippen molar-refractivity contribution in [2.45, 2.75) is 6.42 Å². The summed E-state index contributed by atoms with van der Waals surface area (Å²) in [5.41, 5.74) is 3.00. The van der Waals surface area contributed by atoms with Gasteiger partial charge < -0.3 is 14.6 Å². The number of rotatable bonds is 6. The van der Waals surface area contributed by atoms with E-state index in [1.54, 1.807) is 11.7 Å². The van der Waals surface area contributed by atoms with Crippen molar-refractivity contribution in [1.29, 1.82) is 0 Å². The van der Waals surface area contributed by atoms with Crippen LogP contribution in [-0.4, -0.2) is 39.3 Å². The topological polar surface area (TPSA) is 84.8 Å². The molecule has 2 heterocycles. The lowest BCUT2D eigenvalue weighted by atomic mass is 10.0. The molecule has 2 aromatic carbocycles. The number of ether oxygens (including phenoxy) is 1. The molecule has 0 bridgehead atoms. The Hall–Kier alpha value is -3.52. The maximum atomic E-state index is 13.0. The van der Waals surface area contributed by atoms with Gasteiger partial charge in [0.1, 0.15) is 11.6 Å². The lowest BCUT2D eigenvalue weighted by Gasteiger charge is -2.11. The van der Waals surface area contributed by atoms with Gasteiger partial charge in [0, 0.05) is 31.0 Å². The number of carbonyl (C=O) groups is 1. The van der Waals surface area contributed by atoms with Gasteiger partial charge in [0.25, 0.3) is 5.91 Å². The monoisotopic (exact) mass is 419 g/mol. The number of pyridine rings is 1. The Bertz CT molecular complexity index is 1260. The van der Waals surface area contributed by atoms with Crippen molar-refractivity contribution in [2.75, 3.05) is 13.7 Å². The molecule has 8 heteroatoms. The second kappa shape index (κ2) is 8.46. The lowest BCUT2D eigenvalue weighted by Crippen LogP contribution is -2.26. The van der Waals surface area contributed by atoms with Crippen LogP contribution in [0.2, 0.25) is 0 Å². The van der Waals surface area contributed by atoms with Crippen molar-refractivity contribution in [3.63, 3.8) is 0 Å². The minimum atomic E-state index is -0.153. The molecular formula is C22H21N5O2S. The molecule has 30 heavy (non-hydrogen) atoms. The van der Waals surface area contributed by atoms with E-state index in [2.05, 4.69) is 15.5 Å². The van der Waals surface area contributed by atoms with E-state index in [0.29, 0.717) is 23.3 Å². The van der Waals surface area contributed by atoms with Crippen molar-refractivity contribution in [1.82, 2.24) is 25.1 Å². The first-order valence-electron chi connectivity index (χ1n) is 9.49. The zero-order chi connectivity index (χ0) is 21.1. The summed E-state index contributed by atoms with van der Waals surface area (Å²) in [6.07, 6.45) is 0.573. The van der Waals surface area contributed by atoms with E-state index < -0.39 is 0 Å². The van der Waals surface area contributed by atoms with Crippen LogP contribution in [0.25, 0.3) is 22.2 Å². The smallest absolute Gasteiger partial charge is 0.252 e. The number of aromatic amines is 1. The first-order valence-corrected chi connectivity index (χ1v) is 9.90. The Kier molecular flexibility index (Phi) is 5.58. The number of nitrogens with one attached hydrogen (secondary N) is 2. The molecule has 0 aliphatic carbocycles. The van der Waals surface area contributed by atoms with Crippen molar-refractivity contribution in [3.8, 4) is 17.0 Å². The number of methoxy groups -OCH3 is 1. The summed E-state index contributed by atoms with van der Waals surface area (Å²) in [5, 5.41) is 10.7. The van der Waals surface area contributed by atoms with Crippen LogP contribution < -0.4 is 10.1 Å². The number of carbonyl (C=O) groups excluding carboxylic acids is 1. The third-order valence-electron chi connectivity index (χ3n) is 4.95.